The van der Waals surface area contributed by atoms with Crippen LogP contribution in [0.3, 0.4) is 0 Å². The van der Waals surface area contributed by atoms with E-state index in [1.54, 1.807) is 6.33 Å². The second-order valence-corrected chi connectivity index (χ2v) is 4.52. The van der Waals surface area contributed by atoms with Crippen LogP contribution in [0.25, 0.3) is 12.2 Å². The van der Waals surface area contributed by atoms with Crippen LogP contribution in [-0.4, -0.2) is 24.1 Å². The topological polar surface area (TPSA) is 29.0 Å². The van der Waals surface area contributed by atoms with Gasteiger partial charge in [-0.15, -0.1) is 0 Å². The van der Waals surface area contributed by atoms with Crippen molar-refractivity contribution in [3.8, 4) is 0 Å². The molecule has 0 amide bonds. The van der Waals surface area contributed by atoms with Gasteiger partial charge in [0, 0.05) is 25.2 Å². The van der Waals surface area contributed by atoms with E-state index in [1.807, 2.05) is 61.5 Å². The van der Waals surface area contributed by atoms with Crippen molar-refractivity contribution < 1.29 is 0 Å². The zero-order valence-electron chi connectivity index (χ0n) is 10.3. The molecule has 2 rings (SSSR count). The Balaban J connectivity index is 2.21. The van der Waals surface area contributed by atoms with Crippen molar-refractivity contribution in [1.82, 2.24) is 9.97 Å². The van der Waals surface area contributed by atoms with E-state index in [0.717, 1.165) is 22.1 Å². The van der Waals surface area contributed by atoms with Gasteiger partial charge in [-0.1, -0.05) is 29.8 Å². The average Bonchev–Trinajstić information content (AvgIpc) is 2.37. The highest BCUT2D eigenvalue weighted by Gasteiger charge is 1.97. The minimum atomic E-state index is 0.730. The fourth-order valence-corrected chi connectivity index (χ4v) is 1.69. The minimum absolute atomic E-state index is 0.730. The van der Waals surface area contributed by atoms with Gasteiger partial charge >= 0.3 is 0 Å². The fourth-order valence-electron chi connectivity index (χ4n) is 1.49. The van der Waals surface area contributed by atoms with Crippen LogP contribution in [0.5, 0.6) is 0 Å². The average molecular weight is 260 g/mol. The maximum absolute atomic E-state index is 5.93. The van der Waals surface area contributed by atoms with Crippen LogP contribution in [0.1, 0.15) is 11.3 Å². The molecule has 0 fully saturated rings. The summed E-state index contributed by atoms with van der Waals surface area (Å²) >= 11 is 5.93. The number of hydrogen-bond donors (Lipinski definition) is 0. The van der Waals surface area contributed by atoms with Crippen LogP contribution >= 0.6 is 11.6 Å². The standard InChI is InChI=1S/C14H14ClN3/c1-18(2)14-9-13(16-10-17-14)7-6-11-4-3-5-12(15)8-11/h3-10H,1-2H3/b7-6+. The molecule has 3 nitrogen and oxygen atoms in total. The van der Waals surface area contributed by atoms with Gasteiger partial charge in [-0.3, -0.25) is 0 Å². The van der Waals surface area contributed by atoms with Gasteiger partial charge in [0.1, 0.15) is 12.1 Å². The Hall–Kier alpha value is -1.87. The highest BCUT2D eigenvalue weighted by Crippen LogP contribution is 2.14. The first kappa shape index (κ1) is 12.6. The summed E-state index contributed by atoms with van der Waals surface area (Å²) in [7, 11) is 3.90. The highest BCUT2D eigenvalue weighted by atomic mass is 35.5. The Morgan fingerprint density at radius 2 is 1.94 bits per heavy atom. The van der Waals surface area contributed by atoms with Crippen molar-refractivity contribution in [2.75, 3.05) is 19.0 Å². The summed E-state index contributed by atoms with van der Waals surface area (Å²) in [6.45, 7) is 0. The van der Waals surface area contributed by atoms with Gasteiger partial charge in [-0.05, 0) is 23.8 Å². The van der Waals surface area contributed by atoms with E-state index >= 15 is 0 Å². The molecule has 2 aromatic rings. The Morgan fingerprint density at radius 1 is 1.11 bits per heavy atom. The Morgan fingerprint density at radius 3 is 2.67 bits per heavy atom. The SMILES string of the molecule is CN(C)c1cc(/C=C/c2cccc(Cl)c2)ncn1. The van der Waals surface area contributed by atoms with E-state index in [-0.39, 0.29) is 0 Å². The molecule has 0 bridgehead atoms. The predicted molar refractivity (Wildman–Crippen MR) is 76.7 cm³/mol. The lowest BCUT2D eigenvalue weighted by atomic mass is 10.2. The smallest absolute Gasteiger partial charge is 0.132 e. The van der Waals surface area contributed by atoms with Crippen LogP contribution < -0.4 is 4.90 Å². The normalized spacial score (nSPS) is 10.8. The highest BCUT2D eigenvalue weighted by molar-refractivity contribution is 6.30. The van der Waals surface area contributed by atoms with E-state index in [9.17, 15) is 0 Å². The van der Waals surface area contributed by atoms with Crippen molar-refractivity contribution in [3.05, 3.63) is 52.9 Å². The van der Waals surface area contributed by atoms with Gasteiger partial charge in [-0.2, -0.15) is 0 Å². The number of hydrogen-bond acceptors (Lipinski definition) is 3. The third-order valence-corrected chi connectivity index (χ3v) is 2.66. The maximum atomic E-state index is 5.93. The van der Waals surface area contributed by atoms with Crippen LogP contribution in [0.2, 0.25) is 5.02 Å². The molecular weight excluding hydrogens is 246 g/mol. The predicted octanol–water partition coefficient (Wildman–Crippen LogP) is 3.37. The van der Waals surface area contributed by atoms with Crippen LogP contribution in [-0.2, 0) is 0 Å². The molecular formula is C14H14ClN3. The molecule has 1 aromatic carbocycles. The molecule has 0 radical (unpaired) electrons. The summed E-state index contributed by atoms with van der Waals surface area (Å²) in [6, 6.07) is 9.62. The third kappa shape index (κ3) is 3.31. The lowest BCUT2D eigenvalue weighted by Gasteiger charge is -2.10. The summed E-state index contributed by atoms with van der Waals surface area (Å²) in [4.78, 5) is 10.3. The second kappa shape index (κ2) is 5.65. The quantitative estimate of drug-likeness (QED) is 0.846. The molecule has 0 aliphatic rings. The molecule has 0 unspecified atom stereocenters. The van der Waals surface area contributed by atoms with Gasteiger partial charge in [-0.25, -0.2) is 9.97 Å². The third-order valence-electron chi connectivity index (χ3n) is 2.43. The molecule has 92 valence electrons. The number of rotatable bonds is 3. The summed E-state index contributed by atoms with van der Waals surface area (Å²) < 4.78 is 0. The Labute approximate surface area is 112 Å². The summed E-state index contributed by atoms with van der Waals surface area (Å²) in [5, 5.41) is 0.730. The summed E-state index contributed by atoms with van der Waals surface area (Å²) in [6.07, 6.45) is 5.49. The molecule has 0 saturated heterocycles. The van der Waals surface area contributed by atoms with Gasteiger partial charge in [0.25, 0.3) is 0 Å². The molecule has 0 aliphatic heterocycles. The largest absolute Gasteiger partial charge is 0.363 e. The molecule has 4 heteroatoms. The van der Waals surface area contributed by atoms with E-state index in [4.69, 9.17) is 11.6 Å². The van der Waals surface area contributed by atoms with Gasteiger partial charge < -0.3 is 4.90 Å². The number of benzene rings is 1. The molecule has 0 saturated carbocycles. The summed E-state index contributed by atoms with van der Waals surface area (Å²) in [5.74, 6) is 0.885. The second-order valence-electron chi connectivity index (χ2n) is 4.08. The van der Waals surface area contributed by atoms with E-state index < -0.39 is 0 Å². The van der Waals surface area contributed by atoms with Crippen molar-refractivity contribution in [2.45, 2.75) is 0 Å². The van der Waals surface area contributed by atoms with Crippen LogP contribution in [0.4, 0.5) is 5.82 Å². The van der Waals surface area contributed by atoms with Gasteiger partial charge in [0.05, 0.1) is 5.69 Å². The maximum Gasteiger partial charge on any atom is 0.132 e. The molecule has 0 N–H and O–H groups in total. The van der Waals surface area contributed by atoms with Crippen molar-refractivity contribution in [3.63, 3.8) is 0 Å². The number of aromatic nitrogens is 2. The van der Waals surface area contributed by atoms with Crippen molar-refractivity contribution >= 4 is 29.6 Å². The number of nitrogens with zero attached hydrogens (tertiary/aromatic N) is 3. The first-order chi connectivity index (χ1) is 8.65. The van der Waals surface area contributed by atoms with E-state index in [2.05, 4.69) is 9.97 Å². The number of anilines is 1. The van der Waals surface area contributed by atoms with Crippen molar-refractivity contribution in [2.24, 2.45) is 0 Å². The van der Waals surface area contributed by atoms with Gasteiger partial charge in [0.2, 0.25) is 0 Å². The fraction of sp³-hybridized carbons (Fsp3) is 0.143. The molecule has 0 atom stereocenters. The molecule has 18 heavy (non-hydrogen) atoms. The molecule has 0 aliphatic carbocycles. The Bertz CT molecular complexity index is 564. The Kier molecular flexibility index (Phi) is 3.95. The zero-order valence-corrected chi connectivity index (χ0v) is 11.1. The minimum Gasteiger partial charge on any atom is -0.363 e. The van der Waals surface area contributed by atoms with Crippen LogP contribution in [0, 0.1) is 0 Å². The zero-order chi connectivity index (χ0) is 13.0. The molecule has 1 aromatic heterocycles. The first-order valence-corrected chi connectivity index (χ1v) is 5.96. The lowest BCUT2D eigenvalue weighted by molar-refractivity contribution is 1.03. The summed E-state index contributed by atoms with van der Waals surface area (Å²) in [5.41, 5.74) is 1.92. The molecule has 0 spiro atoms. The number of halogens is 1. The van der Waals surface area contributed by atoms with E-state index in [1.165, 1.54) is 0 Å². The van der Waals surface area contributed by atoms with Crippen molar-refractivity contribution in [1.29, 1.82) is 0 Å². The van der Waals surface area contributed by atoms with E-state index in [0.29, 0.717) is 0 Å². The first-order valence-electron chi connectivity index (χ1n) is 5.58. The molecule has 1 heterocycles. The van der Waals surface area contributed by atoms with Crippen LogP contribution in [0.15, 0.2) is 36.7 Å². The van der Waals surface area contributed by atoms with Gasteiger partial charge in [0.15, 0.2) is 0 Å². The monoisotopic (exact) mass is 259 g/mol. The lowest BCUT2D eigenvalue weighted by Crippen LogP contribution is -2.10.